The molecule has 6 nitrogen and oxygen atoms in total. The van der Waals surface area contributed by atoms with E-state index in [1.54, 1.807) is 13.2 Å². The van der Waals surface area contributed by atoms with Crippen LogP contribution in [0.5, 0.6) is 5.75 Å². The molecule has 0 aliphatic carbocycles. The van der Waals surface area contributed by atoms with E-state index in [-0.39, 0.29) is 5.02 Å². The van der Waals surface area contributed by atoms with Crippen LogP contribution in [0.3, 0.4) is 0 Å². The van der Waals surface area contributed by atoms with Crippen molar-refractivity contribution in [1.29, 1.82) is 0 Å². The summed E-state index contributed by atoms with van der Waals surface area (Å²) < 4.78 is 18.9. The van der Waals surface area contributed by atoms with Crippen LogP contribution in [0.15, 0.2) is 36.7 Å². The van der Waals surface area contributed by atoms with Gasteiger partial charge in [-0.1, -0.05) is 11.6 Å². The molecule has 0 fully saturated rings. The first-order chi connectivity index (χ1) is 13.0. The summed E-state index contributed by atoms with van der Waals surface area (Å²) in [6.07, 6.45) is 1.48. The van der Waals surface area contributed by atoms with Crippen molar-refractivity contribution in [1.82, 2.24) is 14.9 Å². The fraction of sp³-hybridized carbons (Fsp3) is 0.263. The number of benzene rings is 2. The molecule has 0 radical (unpaired) electrons. The maximum atomic E-state index is 13.4. The maximum Gasteiger partial charge on any atom is 0.142 e. The number of anilines is 3. The number of hydrogen-bond donors (Lipinski definition) is 2. The van der Waals surface area contributed by atoms with Gasteiger partial charge >= 0.3 is 0 Å². The van der Waals surface area contributed by atoms with Crippen molar-refractivity contribution < 1.29 is 9.13 Å². The first-order valence-corrected chi connectivity index (χ1v) is 8.79. The lowest BCUT2D eigenvalue weighted by atomic mass is 10.2. The number of rotatable bonds is 7. The zero-order valence-corrected chi connectivity index (χ0v) is 16.1. The zero-order valence-electron chi connectivity index (χ0n) is 15.4. The molecule has 3 aromatic rings. The second-order valence-electron chi connectivity index (χ2n) is 6.28. The summed E-state index contributed by atoms with van der Waals surface area (Å²) in [6, 6.07) is 8.22. The highest BCUT2D eigenvalue weighted by molar-refractivity contribution is 6.31. The monoisotopic (exact) mass is 389 g/mol. The Kier molecular flexibility index (Phi) is 5.93. The highest BCUT2D eigenvalue weighted by Crippen LogP contribution is 2.33. The van der Waals surface area contributed by atoms with E-state index in [0.29, 0.717) is 17.3 Å². The van der Waals surface area contributed by atoms with Crippen molar-refractivity contribution in [2.24, 2.45) is 0 Å². The predicted octanol–water partition coefficient (Wildman–Crippen LogP) is 4.15. The number of nitrogens with one attached hydrogen (secondary N) is 2. The van der Waals surface area contributed by atoms with E-state index in [1.165, 1.54) is 18.5 Å². The van der Waals surface area contributed by atoms with Crippen LogP contribution in [0.25, 0.3) is 10.9 Å². The number of fused-ring (bicyclic) bond motifs is 1. The third kappa shape index (κ3) is 4.56. The molecule has 0 aliphatic rings. The highest BCUT2D eigenvalue weighted by Gasteiger charge is 2.11. The molecule has 0 saturated heterocycles. The molecule has 0 aliphatic heterocycles. The van der Waals surface area contributed by atoms with E-state index in [9.17, 15) is 4.39 Å². The molecule has 0 bridgehead atoms. The molecule has 3 rings (SSSR count). The van der Waals surface area contributed by atoms with E-state index in [1.807, 2.05) is 26.2 Å². The highest BCUT2D eigenvalue weighted by atomic mass is 35.5. The summed E-state index contributed by atoms with van der Waals surface area (Å²) in [6.45, 7) is 1.67. The largest absolute Gasteiger partial charge is 0.495 e. The molecule has 0 unspecified atom stereocenters. The molecule has 2 N–H and O–H groups in total. The third-order valence-electron chi connectivity index (χ3n) is 4.01. The van der Waals surface area contributed by atoms with E-state index in [4.69, 9.17) is 16.3 Å². The summed E-state index contributed by atoms with van der Waals surface area (Å²) in [4.78, 5) is 10.8. The smallest absolute Gasteiger partial charge is 0.142 e. The lowest BCUT2D eigenvalue weighted by molar-refractivity contribution is 0.413. The molecule has 8 heteroatoms. The van der Waals surface area contributed by atoms with Gasteiger partial charge in [0, 0.05) is 24.2 Å². The van der Waals surface area contributed by atoms with Crippen LogP contribution < -0.4 is 15.4 Å². The van der Waals surface area contributed by atoms with Gasteiger partial charge in [0.25, 0.3) is 0 Å². The Morgan fingerprint density at radius 2 is 2.00 bits per heavy atom. The number of hydrogen-bond acceptors (Lipinski definition) is 6. The van der Waals surface area contributed by atoms with Crippen molar-refractivity contribution in [2.75, 3.05) is 44.9 Å². The van der Waals surface area contributed by atoms with Crippen molar-refractivity contribution in [3.8, 4) is 5.75 Å². The normalized spacial score (nSPS) is 11.0. The number of halogens is 2. The van der Waals surface area contributed by atoms with Gasteiger partial charge in [0.2, 0.25) is 0 Å². The molecule has 1 heterocycles. The van der Waals surface area contributed by atoms with Crippen LogP contribution in [0.2, 0.25) is 5.02 Å². The van der Waals surface area contributed by atoms with Gasteiger partial charge in [0.15, 0.2) is 0 Å². The van der Waals surface area contributed by atoms with Gasteiger partial charge in [-0.25, -0.2) is 14.4 Å². The van der Waals surface area contributed by atoms with Crippen LogP contribution in [-0.4, -0.2) is 49.2 Å². The van der Waals surface area contributed by atoms with Crippen molar-refractivity contribution in [2.45, 2.75) is 0 Å². The average molecular weight is 390 g/mol. The van der Waals surface area contributed by atoms with Crippen LogP contribution in [0.1, 0.15) is 0 Å². The molecule has 0 atom stereocenters. The van der Waals surface area contributed by atoms with Gasteiger partial charge in [0.05, 0.1) is 23.3 Å². The summed E-state index contributed by atoms with van der Waals surface area (Å²) in [5, 5.41) is 7.35. The number of ether oxygens (including phenoxy) is 1. The summed E-state index contributed by atoms with van der Waals surface area (Å²) in [5.41, 5.74) is 2.25. The second kappa shape index (κ2) is 8.37. The van der Waals surface area contributed by atoms with Crippen LogP contribution in [-0.2, 0) is 0 Å². The van der Waals surface area contributed by atoms with Crippen molar-refractivity contribution >= 4 is 39.7 Å². The summed E-state index contributed by atoms with van der Waals surface area (Å²) >= 11 is 5.86. The van der Waals surface area contributed by atoms with E-state index in [2.05, 4.69) is 25.5 Å². The Labute approximate surface area is 162 Å². The van der Waals surface area contributed by atoms with Gasteiger partial charge in [-0.3, -0.25) is 0 Å². The van der Waals surface area contributed by atoms with Gasteiger partial charge < -0.3 is 20.3 Å². The Balaban J connectivity index is 1.93. The lowest BCUT2D eigenvalue weighted by Crippen LogP contribution is -2.21. The fourth-order valence-electron chi connectivity index (χ4n) is 2.61. The van der Waals surface area contributed by atoms with E-state index >= 15 is 0 Å². The van der Waals surface area contributed by atoms with Crippen LogP contribution >= 0.6 is 11.6 Å². The molecule has 2 aromatic carbocycles. The standard InChI is InChI=1S/C19H21ClFN5O/c1-26(2)7-6-22-17-10-16-13(9-18(17)27-3)19(24-11-23-16)25-12-4-5-15(21)14(20)8-12/h4-5,8-11,22H,6-7H2,1-3H3,(H,23,24,25). The van der Waals surface area contributed by atoms with Crippen LogP contribution in [0, 0.1) is 5.82 Å². The predicted molar refractivity (Wildman–Crippen MR) is 108 cm³/mol. The molecule has 0 spiro atoms. The zero-order chi connectivity index (χ0) is 19.4. The van der Waals surface area contributed by atoms with E-state index in [0.717, 1.165) is 29.7 Å². The Morgan fingerprint density at radius 1 is 1.19 bits per heavy atom. The summed E-state index contributed by atoms with van der Waals surface area (Å²) in [5.74, 6) is 0.807. The Morgan fingerprint density at radius 3 is 2.70 bits per heavy atom. The average Bonchev–Trinajstić information content (AvgIpc) is 2.64. The summed E-state index contributed by atoms with van der Waals surface area (Å²) in [7, 11) is 5.66. The van der Waals surface area contributed by atoms with Gasteiger partial charge in [-0.2, -0.15) is 0 Å². The number of aromatic nitrogens is 2. The Bertz CT molecular complexity index is 951. The minimum Gasteiger partial charge on any atom is -0.495 e. The van der Waals surface area contributed by atoms with Gasteiger partial charge in [-0.15, -0.1) is 0 Å². The number of likely N-dealkylation sites (N-methyl/N-ethyl adjacent to an activating group) is 1. The topological polar surface area (TPSA) is 62.3 Å². The first-order valence-electron chi connectivity index (χ1n) is 8.41. The van der Waals surface area contributed by atoms with E-state index < -0.39 is 5.82 Å². The SMILES string of the molecule is COc1cc2c(Nc3ccc(F)c(Cl)c3)ncnc2cc1NCCN(C)C. The molecule has 0 amide bonds. The third-order valence-corrected chi connectivity index (χ3v) is 4.30. The first kappa shape index (κ1) is 19.1. The number of methoxy groups -OCH3 is 1. The van der Waals surface area contributed by atoms with Crippen molar-refractivity contribution in [3.63, 3.8) is 0 Å². The molecule has 1 aromatic heterocycles. The van der Waals surface area contributed by atoms with Gasteiger partial charge in [-0.05, 0) is 44.4 Å². The quantitative estimate of drug-likeness (QED) is 0.633. The lowest BCUT2D eigenvalue weighted by Gasteiger charge is -2.16. The number of nitrogens with zero attached hydrogens (tertiary/aromatic N) is 3. The van der Waals surface area contributed by atoms with Gasteiger partial charge in [0.1, 0.15) is 23.7 Å². The molecule has 27 heavy (non-hydrogen) atoms. The molecule has 0 saturated carbocycles. The Hall–Kier alpha value is -2.64. The maximum absolute atomic E-state index is 13.4. The van der Waals surface area contributed by atoms with Crippen molar-refractivity contribution in [3.05, 3.63) is 47.5 Å². The van der Waals surface area contributed by atoms with Crippen LogP contribution in [0.4, 0.5) is 21.6 Å². The molecule has 142 valence electrons. The fourth-order valence-corrected chi connectivity index (χ4v) is 2.80. The minimum absolute atomic E-state index is 0.0447. The molecular weight excluding hydrogens is 369 g/mol. The second-order valence-corrected chi connectivity index (χ2v) is 6.68. The minimum atomic E-state index is -0.468. The molecular formula is C19H21ClFN5O.